The van der Waals surface area contributed by atoms with Crippen LogP contribution in [0.25, 0.3) is 10.9 Å². The van der Waals surface area contributed by atoms with Gasteiger partial charge in [-0.25, -0.2) is 4.98 Å². The van der Waals surface area contributed by atoms with Gasteiger partial charge in [0.1, 0.15) is 0 Å². The van der Waals surface area contributed by atoms with E-state index in [2.05, 4.69) is 9.17 Å². The van der Waals surface area contributed by atoms with Gasteiger partial charge < -0.3 is 13.7 Å². The van der Waals surface area contributed by atoms with Crippen LogP contribution in [0.5, 0.6) is 17.4 Å². The van der Waals surface area contributed by atoms with Gasteiger partial charge in [-0.3, -0.25) is 0 Å². The molecule has 0 atom stereocenters. The summed E-state index contributed by atoms with van der Waals surface area (Å²) >= 11 is 0. The van der Waals surface area contributed by atoms with Crippen LogP contribution >= 0.6 is 0 Å². The molecule has 22 heavy (non-hydrogen) atoms. The first-order valence-corrected chi connectivity index (χ1v) is 7.12. The van der Waals surface area contributed by atoms with Gasteiger partial charge in [0.05, 0.1) is 19.7 Å². The van der Waals surface area contributed by atoms with E-state index < -0.39 is 21.5 Å². The lowest BCUT2D eigenvalue weighted by atomic mass is 10.2. The number of nitrogens with zero attached hydrogens (tertiary/aromatic N) is 1. The summed E-state index contributed by atoms with van der Waals surface area (Å²) in [6.45, 7) is 0. The molecule has 0 saturated heterocycles. The van der Waals surface area contributed by atoms with E-state index in [1.807, 2.05) is 0 Å². The second-order valence-electron chi connectivity index (χ2n) is 4.03. The second-order valence-corrected chi connectivity index (χ2v) is 5.57. The van der Waals surface area contributed by atoms with Gasteiger partial charge in [-0.2, -0.15) is 21.6 Å². The van der Waals surface area contributed by atoms with Crippen LogP contribution in [0, 0.1) is 0 Å². The molecule has 6 nitrogen and oxygen atoms in total. The van der Waals surface area contributed by atoms with E-state index in [0.29, 0.717) is 16.9 Å². The normalized spacial score (nSPS) is 12.2. The summed E-state index contributed by atoms with van der Waals surface area (Å²) in [4.78, 5) is 3.72. The van der Waals surface area contributed by atoms with E-state index in [1.165, 1.54) is 26.4 Å². The summed E-state index contributed by atoms with van der Waals surface area (Å²) in [5, 5.41) is 0.509. The van der Waals surface area contributed by atoms with E-state index in [1.54, 1.807) is 6.07 Å². The van der Waals surface area contributed by atoms with E-state index in [4.69, 9.17) is 9.47 Å². The average molecular weight is 337 g/mol. The fourth-order valence-electron chi connectivity index (χ4n) is 1.64. The zero-order valence-electron chi connectivity index (χ0n) is 11.3. The highest BCUT2D eigenvalue weighted by molar-refractivity contribution is 7.87. The standard InChI is InChI=1S/C12H10F3NO5S/c1-19-9-5-7-3-4-11(16-8(7)6-10(9)20-2)21-22(17,18)12(13,14)15/h3-6H,1-2H3. The molecule has 120 valence electrons. The van der Waals surface area contributed by atoms with Gasteiger partial charge in [-0.15, -0.1) is 0 Å². The highest BCUT2D eigenvalue weighted by atomic mass is 32.2. The lowest BCUT2D eigenvalue weighted by Gasteiger charge is -2.11. The van der Waals surface area contributed by atoms with E-state index >= 15 is 0 Å². The third-order valence-electron chi connectivity index (χ3n) is 2.65. The van der Waals surface area contributed by atoms with Crippen LogP contribution in [0.2, 0.25) is 0 Å². The molecule has 2 aromatic rings. The molecule has 0 unspecified atom stereocenters. The Labute approximate surface area is 123 Å². The number of pyridine rings is 1. The van der Waals surface area contributed by atoms with Crippen molar-refractivity contribution in [2.75, 3.05) is 14.2 Å². The Bertz CT molecular complexity index is 804. The number of rotatable bonds is 4. The van der Waals surface area contributed by atoms with Crippen LogP contribution in [-0.2, 0) is 10.1 Å². The SMILES string of the molecule is COc1cc2ccc(OS(=O)(=O)C(F)(F)F)nc2cc1OC. The molecule has 0 fully saturated rings. The minimum atomic E-state index is -5.77. The van der Waals surface area contributed by atoms with Gasteiger partial charge >= 0.3 is 15.6 Å². The second kappa shape index (κ2) is 5.52. The number of hydrogen-bond acceptors (Lipinski definition) is 6. The van der Waals surface area contributed by atoms with Crippen molar-refractivity contribution < 1.29 is 35.2 Å². The highest BCUT2D eigenvalue weighted by Gasteiger charge is 2.48. The first-order chi connectivity index (χ1) is 10.2. The Morgan fingerprint density at radius 1 is 1.05 bits per heavy atom. The quantitative estimate of drug-likeness (QED) is 0.630. The van der Waals surface area contributed by atoms with Crippen LogP contribution in [-0.4, -0.2) is 33.1 Å². The molecule has 0 saturated carbocycles. The zero-order chi connectivity index (χ0) is 16.5. The molecular weight excluding hydrogens is 327 g/mol. The topological polar surface area (TPSA) is 74.7 Å². The number of alkyl halides is 3. The van der Waals surface area contributed by atoms with Crippen molar-refractivity contribution in [3.8, 4) is 17.4 Å². The first-order valence-electron chi connectivity index (χ1n) is 5.71. The fourth-order valence-corrected chi connectivity index (χ4v) is 2.05. The predicted octanol–water partition coefficient (Wildman–Crippen LogP) is 2.48. The lowest BCUT2D eigenvalue weighted by Crippen LogP contribution is -2.28. The van der Waals surface area contributed by atoms with E-state index in [9.17, 15) is 21.6 Å². The van der Waals surface area contributed by atoms with Gasteiger partial charge in [0.15, 0.2) is 11.5 Å². The molecule has 0 aliphatic heterocycles. The maximum absolute atomic E-state index is 12.3. The molecule has 1 heterocycles. The fraction of sp³-hybridized carbons (Fsp3) is 0.250. The molecule has 0 N–H and O–H groups in total. The summed E-state index contributed by atoms with van der Waals surface area (Å²) in [6.07, 6.45) is 0. The number of hydrogen-bond donors (Lipinski definition) is 0. The predicted molar refractivity (Wildman–Crippen MR) is 70.4 cm³/mol. The molecule has 10 heteroatoms. The third kappa shape index (κ3) is 3.01. The molecule has 0 aliphatic rings. The minimum Gasteiger partial charge on any atom is -0.493 e. The Morgan fingerprint density at radius 2 is 1.64 bits per heavy atom. The van der Waals surface area contributed by atoms with Crippen LogP contribution in [0.3, 0.4) is 0 Å². The van der Waals surface area contributed by atoms with Gasteiger partial charge in [-0.05, 0) is 12.1 Å². The molecule has 0 radical (unpaired) electrons. The lowest BCUT2D eigenvalue weighted by molar-refractivity contribution is -0.0501. The number of benzene rings is 1. The van der Waals surface area contributed by atoms with E-state index in [-0.39, 0.29) is 5.52 Å². The average Bonchev–Trinajstić information content (AvgIpc) is 2.44. The largest absolute Gasteiger partial charge is 0.534 e. The van der Waals surface area contributed by atoms with Crippen molar-refractivity contribution in [1.82, 2.24) is 4.98 Å². The van der Waals surface area contributed by atoms with E-state index in [0.717, 1.165) is 6.07 Å². The molecule has 0 spiro atoms. The molecule has 1 aromatic heterocycles. The van der Waals surface area contributed by atoms with Gasteiger partial charge in [0.25, 0.3) is 0 Å². The Balaban J connectivity index is 2.47. The summed E-state index contributed by atoms with van der Waals surface area (Å²) in [7, 11) is -2.97. The molecule has 0 aliphatic carbocycles. The first kappa shape index (κ1) is 16.1. The molecule has 1 aromatic carbocycles. The summed E-state index contributed by atoms with van der Waals surface area (Å²) < 4.78 is 72.8. The van der Waals surface area contributed by atoms with Crippen molar-refractivity contribution in [3.63, 3.8) is 0 Å². The number of aromatic nitrogens is 1. The molecule has 2 rings (SSSR count). The van der Waals surface area contributed by atoms with Crippen molar-refractivity contribution in [1.29, 1.82) is 0 Å². The van der Waals surface area contributed by atoms with Gasteiger partial charge in [0.2, 0.25) is 5.88 Å². The smallest absolute Gasteiger partial charge is 0.493 e. The number of ether oxygens (including phenoxy) is 2. The number of methoxy groups -OCH3 is 2. The third-order valence-corrected chi connectivity index (χ3v) is 3.60. The van der Waals surface area contributed by atoms with Crippen LogP contribution < -0.4 is 13.7 Å². The maximum atomic E-state index is 12.3. The summed E-state index contributed by atoms with van der Waals surface area (Å²) in [5.41, 5.74) is -5.34. The zero-order valence-corrected chi connectivity index (χ0v) is 12.2. The van der Waals surface area contributed by atoms with Crippen molar-refractivity contribution >= 4 is 21.0 Å². The Hall–Kier alpha value is -2.23. The molecule has 0 amide bonds. The summed E-state index contributed by atoms with van der Waals surface area (Å²) in [6, 6.07) is 5.30. The molecular formula is C12H10F3NO5S. The Kier molecular flexibility index (Phi) is 4.05. The minimum absolute atomic E-state index is 0.188. The monoisotopic (exact) mass is 337 g/mol. The Morgan fingerprint density at radius 3 is 2.18 bits per heavy atom. The number of halogens is 3. The van der Waals surface area contributed by atoms with Crippen LogP contribution in [0.4, 0.5) is 13.2 Å². The van der Waals surface area contributed by atoms with Gasteiger partial charge in [-0.1, -0.05) is 0 Å². The van der Waals surface area contributed by atoms with Crippen LogP contribution in [0.15, 0.2) is 24.3 Å². The van der Waals surface area contributed by atoms with Crippen LogP contribution in [0.1, 0.15) is 0 Å². The van der Waals surface area contributed by atoms with Crippen molar-refractivity contribution in [3.05, 3.63) is 24.3 Å². The van der Waals surface area contributed by atoms with Gasteiger partial charge in [0, 0.05) is 17.5 Å². The highest BCUT2D eigenvalue weighted by Crippen LogP contribution is 2.33. The maximum Gasteiger partial charge on any atom is 0.534 e. The van der Waals surface area contributed by atoms with Crippen molar-refractivity contribution in [2.24, 2.45) is 0 Å². The molecule has 0 bridgehead atoms. The summed E-state index contributed by atoms with van der Waals surface area (Å²) in [5.74, 6) is -0.0104. The van der Waals surface area contributed by atoms with Crippen molar-refractivity contribution in [2.45, 2.75) is 5.51 Å². The number of fused-ring (bicyclic) bond motifs is 1.